The number of carboxylic acid groups (broad SMARTS) is 1. The maximum absolute atomic E-state index is 12.1. The molecule has 0 saturated heterocycles. The molecule has 2 N–H and O–H groups in total. The molecule has 1 aliphatic rings. The predicted molar refractivity (Wildman–Crippen MR) is 85.6 cm³/mol. The van der Waals surface area contributed by atoms with Gasteiger partial charge in [-0.25, -0.2) is 0 Å². The third-order valence-electron chi connectivity index (χ3n) is 4.41. The number of hydrogen-bond donors (Lipinski definition) is 2. The van der Waals surface area contributed by atoms with Gasteiger partial charge in [-0.05, 0) is 31.7 Å². The van der Waals surface area contributed by atoms with Crippen molar-refractivity contribution in [3.05, 3.63) is 35.4 Å². The van der Waals surface area contributed by atoms with E-state index in [4.69, 9.17) is 0 Å². The summed E-state index contributed by atoms with van der Waals surface area (Å²) in [5, 5.41) is 12.2. The van der Waals surface area contributed by atoms with Crippen molar-refractivity contribution in [1.82, 2.24) is 5.32 Å². The van der Waals surface area contributed by atoms with Gasteiger partial charge >= 0.3 is 5.97 Å². The van der Waals surface area contributed by atoms with Gasteiger partial charge in [0, 0.05) is 12.5 Å². The number of aryl methyl sites for hydroxylation is 1. The standard InChI is InChI=1S/C18H25NO3/c1-13-6-5-7-14(10-13)11-16(18(21)22)12-19-17(20)15-8-3-2-4-9-15/h5-7,10,15-16H,2-4,8-9,11-12H2,1H3,(H,19,20)(H,21,22). The van der Waals surface area contributed by atoms with Crippen LogP contribution in [0, 0.1) is 18.8 Å². The Morgan fingerprint density at radius 3 is 2.64 bits per heavy atom. The minimum atomic E-state index is -0.856. The van der Waals surface area contributed by atoms with Crippen LogP contribution >= 0.6 is 0 Å². The molecule has 0 aromatic heterocycles. The van der Waals surface area contributed by atoms with Gasteiger partial charge in [0.05, 0.1) is 5.92 Å². The number of carboxylic acids is 1. The van der Waals surface area contributed by atoms with Crippen molar-refractivity contribution in [1.29, 1.82) is 0 Å². The van der Waals surface area contributed by atoms with Gasteiger partial charge < -0.3 is 10.4 Å². The molecular formula is C18H25NO3. The third kappa shape index (κ3) is 4.86. The van der Waals surface area contributed by atoms with Crippen LogP contribution in [0.15, 0.2) is 24.3 Å². The summed E-state index contributed by atoms with van der Waals surface area (Å²) >= 11 is 0. The van der Waals surface area contributed by atoms with E-state index in [-0.39, 0.29) is 18.4 Å². The number of nitrogens with one attached hydrogen (secondary N) is 1. The van der Waals surface area contributed by atoms with Crippen LogP contribution in [0.1, 0.15) is 43.2 Å². The summed E-state index contributed by atoms with van der Waals surface area (Å²) < 4.78 is 0. The van der Waals surface area contributed by atoms with E-state index < -0.39 is 11.9 Å². The molecule has 1 saturated carbocycles. The van der Waals surface area contributed by atoms with Gasteiger partial charge in [0.25, 0.3) is 0 Å². The molecule has 1 fully saturated rings. The molecule has 1 atom stereocenters. The largest absolute Gasteiger partial charge is 0.481 e. The minimum Gasteiger partial charge on any atom is -0.481 e. The molecule has 0 aliphatic heterocycles. The molecule has 1 aliphatic carbocycles. The summed E-state index contributed by atoms with van der Waals surface area (Å²) in [7, 11) is 0. The first-order valence-electron chi connectivity index (χ1n) is 8.12. The zero-order valence-electron chi connectivity index (χ0n) is 13.2. The van der Waals surface area contributed by atoms with Crippen LogP contribution in [0.4, 0.5) is 0 Å². The Kier molecular flexibility index (Phi) is 5.99. The summed E-state index contributed by atoms with van der Waals surface area (Å²) in [6.07, 6.45) is 5.72. The second-order valence-corrected chi connectivity index (χ2v) is 6.31. The van der Waals surface area contributed by atoms with Crippen LogP contribution in [0.5, 0.6) is 0 Å². The lowest BCUT2D eigenvalue weighted by Gasteiger charge is -2.22. The summed E-state index contributed by atoms with van der Waals surface area (Å²) in [4.78, 5) is 23.6. The van der Waals surface area contributed by atoms with Gasteiger partial charge in [0.1, 0.15) is 0 Å². The number of amides is 1. The Balaban J connectivity index is 1.88. The van der Waals surface area contributed by atoms with Crippen LogP contribution in [-0.2, 0) is 16.0 Å². The molecule has 120 valence electrons. The molecule has 1 aromatic carbocycles. The lowest BCUT2D eigenvalue weighted by Crippen LogP contribution is -2.38. The quantitative estimate of drug-likeness (QED) is 0.849. The van der Waals surface area contributed by atoms with Gasteiger partial charge in [0.15, 0.2) is 0 Å². The highest BCUT2D eigenvalue weighted by Gasteiger charge is 2.24. The molecule has 0 heterocycles. The summed E-state index contributed by atoms with van der Waals surface area (Å²) in [6.45, 7) is 2.20. The fourth-order valence-corrected chi connectivity index (χ4v) is 3.10. The average Bonchev–Trinajstić information content (AvgIpc) is 2.51. The van der Waals surface area contributed by atoms with E-state index in [0.717, 1.165) is 36.8 Å². The van der Waals surface area contributed by atoms with E-state index in [2.05, 4.69) is 5.32 Å². The molecule has 1 amide bonds. The molecule has 2 rings (SSSR count). The molecule has 0 radical (unpaired) electrons. The molecule has 22 heavy (non-hydrogen) atoms. The second kappa shape index (κ2) is 7.97. The van der Waals surface area contributed by atoms with Crippen LogP contribution in [0.25, 0.3) is 0 Å². The highest BCUT2D eigenvalue weighted by atomic mass is 16.4. The van der Waals surface area contributed by atoms with Crippen molar-refractivity contribution in [2.24, 2.45) is 11.8 Å². The number of aliphatic carboxylic acids is 1. The fourth-order valence-electron chi connectivity index (χ4n) is 3.10. The maximum atomic E-state index is 12.1. The van der Waals surface area contributed by atoms with Crippen molar-refractivity contribution in [2.45, 2.75) is 45.4 Å². The molecule has 1 unspecified atom stereocenters. The number of benzene rings is 1. The van der Waals surface area contributed by atoms with Crippen molar-refractivity contribution in [3.8, 4) is 0 Å². The van der Waals surface area contributed by atoms with Gasteiger partial charge in [0.2, 0.25) is 5.91 Å². The zero-order chi connectivity index (χ0) is 15.9. The van der Waals surface area contributed by atoms with Crippen molar-refractivity contribution < 1.29 is 14.7 Å². The number of carbonyl (C=O) groups is 2. The highest BCUT2D eigenvalue weighted by Crippen LogP contribution is 2.23. The monoisotopic (exact) mass is 303 g/mol. The van der Waals surface area contributed by atoms with Crippen LogP contribution in [0.3, 0.4) is 0 Å². The van der Waals surface area contributed by atoms with E-state index in [1.807, 2.05) is 31.2 Å². The van der Waals surface area contributed by atoms with E-state index >= 15 is 0 Å². The van der Waals surface area contributed by atoms with E-state index in [1.54, 1.807) is 0 Å². The zero-order valence-corrected chi connectivity index (χ0v) is 13.2. The summed E-state index contributed by atoms with van der Waals surface area (Å²) in [5.74, 6) is -1.34. The van der Waals surface area contributed by atoms with Gasteiger partial charge in [-0.1, -0.05) is 49.1 Å². The van der Waals surface area contributed by atoms with E-state index in [9.17, 15) is 14.7 Å². The van der Waals surface area contributed by atoms with Crippen LogP contribution in [0.2, 0.25) is 0 Å². The smallest absolute Gasteiger partial charge is 0.308 e. The molecule has 0 spiro atoms. The Morgan fingerprint density at radius 2 is 2.00 bits per heavy atom. The third-order valence-corrected chi connectivity index (χ3v) is 4.41. The molecule has 1 aromatic rings. The summed E-state index contributed by atoms with van der Waals surface area (Å²) in [5.41, 5.74) is 2.12. The normalized spacial score (nSPS) is 17.0. The Bertz CT molecular complexity index is 521. The lowest BCUT2D eigenvalue weighted by molar-refractivity contribution is -0.141. The fraction of sp³-hybridized carbons (Fsp3) is 0.556. The van der Waals surface area contributed by atoms with Crippen molar-refractivity contribution >= 4 is 11.9 Å². The first-order chi connectivity index (χ1) is 10.6. The Hall–Kier alpha value is -1.84. The molecule has 4 nitrogen and oxygen atoms in total. The Labute approximate surface area is 131 Å². The number of rotatable bonds is 6. The molecule has 4 heteroatoms. The van der Waals surface area contributed by atoms with Crippen LogP contribution < -0.4 is 5.32 Å². The van der Waals surface area contributed by atoms with E-state index in [0.29, 0.717) is 6.42 Å². The number of carbonyl (C=O) groups excluding carboxylic acids is 1. The highest BCUT2D eigenvalue weighted by molar-refractivity contribution is 5.79. The van der Waals surface area contributed by atoms with E-state index in [1.165, 1.54) is 6.42 Å². The average molecular weight is 303 g/mol. The SMILES string of the molecule is Cc1cccc(CC(CNC(=O)C2CCCCC2)C(=O)O)c1. The molecule has 0 bridgehead atoms. The number of hydrogen-bond acceptors (Lipinski definition) is 2. The van der Waals surface area contributed by atoms with Gasteiger partial charge in [-0.15, -0.1) is 0 Å². The van der Waals surface area contributed by atoms with Crippen LogP contribution in [-0.4, -0.2) is 23.5 Å². The minimum absolute atomic E-state index is 0.0233. The topological polar surface area (TPSA) is 66.4 Å². The first-order valence-corrected chi connectivity index (χ1v) is 8.12. The van der Waals surface area contributed by atoms with Gasteiger partial charge in [-0.3, -0.25) is 9.59 Å². The lowest BCUT2D eigenvalue weighted by atomic mass is 9.88. The predicted octanol–water partition coefficient (Wildman–Crippen LogP) is 2.93. The maximum Gasteiger partial charge on any atom is 0.308 e. The summed E-state index contributed by atoms with van der Waals surface area (Å²) in [6, 6.07) is 7.86. The second-order valence-electron chi connectivity index (χ2n) is 6.31. The van der Waals surface area contributed by atoms with Crippen molar-refractivity contribution in [3.63, 3.8) is 0 Å². The molecular weight excluding hydrogens is 278 g/mol. The van der Waals surface area contributed by atoms with Crippen molar-refractivity contribution in [2.75, 3.05) is 6.54 Å². The Morgan fingerprint density at radius 1 is 1.27 bits per heavy atom. The van der Waals surface area contributed by atoms with Gasteiger partial charge in [-0.2, -0.15) is 0 Å². The first kappa shape index (κ1) is 16.5.